The number of H-pyrrole nitrogens is 1. The van der Waals surface area contributed by atoms with Crippen LogP contribution in [0.1, 0.15) is 5.56 Å². The summed E-state index contributed by atoms with van der Waals surface area (Å²) in [5, 5.41) is 6.34. The molecule has 0 saturated carbocycles. The van der Waals surface area contributed by atoms with Gasteiger partial charge in [0.2, 0.25) is 34.8 Å². The number of aromatic amines is 1. The molecule has 0 aliphatic heterocycles. The fraction of sp³-hybridized carbons (Fsp3) is 0.0476. The number of nitrogens with one attached hydrogen (secondary N) is 1. The molecular weight excluding hydrogens is 471 g/mol. The van der Waals surface area contributed by atoms with Crippen molar-refractivity contribution in [1.82, 2.24) is 10.2 Å². The van der Waals surface area contributed by atoms with Crippen LogP contribution < -0.4 is 9.74 Å². The maximum atomic E-state index is 13.9. The first-order valence-electron chi connectivity index (χ1n) is 9.07. The van der Waals surface area contributed by atoms with Gasteiger partial charge in [-0.15, -0.1) is 0 Å². The smallest absolute Gasteiger partial charge is 0.339 e. The second kappa shape index (κ2) is 7.96. The van der Waals surface area contributed by atoms with Crippen LogP contribution in [-0.4, -0.2) is 18.6 Å². The molecule has 3 aromatic carbocycles. The molecule has 0 bridgehead atoms. The van der Waals surface area contributed by atoms with Crippen molar-refractivity contribution in [3.63, 3.8) is 0 Å². The number of halogens is 5. The number of fused-ring (bicyclic) bond motifs is 1. The lowest BCUT2D eigenvalue weighted by Crippen LogP contribution is -2.16. The summed E-state index contributed by atoms with van der Waals surface area (Å²) in [4.78, 5) is 11.5. The van der Waals surface area contributed by atoms with E-state index in [2.05, 4.69) is 14.4 Å². The highest BCUT2D eigenvalue weighted by atomic mass is 32.2. The first-order chi connectivity index (χ1) is 15.5. The summed E-state index contributed by atoms with van der Waals surface area (Å²) in [5.41, 5.74) is 1.000. The quantitative estimate of drug-likeness (QED) is 0.202. The molecule has 0 spiro atoms. The van der Waals surface area contributed by atoms with E-state index in [0.717, 1.165) is 17.7 Å². The van der Waals surface area contributed by atoms with Crippen molar-refractivity contribution in [3.05, 3.63) is 87.5 Å². The number of rotatable bonds is 4. The van der Waals surface area contributed by atoms with Crippen molar-refractivity contribution < 1.29 is 34.6 Å². The SMILES string of the molecule is Cc1ccccc1-c1n[nH]c(=O)c2cc(S(=O)(=O)Oc3c(F)c(F)c(F)c(F)c3F)ccc12. The number of hydrogen-bond acceptors (Lipinski definition) is 5. The molecule has 0 saturated heterocycles. The van der Waals surface area contributed by atoms with Crippen molar-refractivity contribution in [1.29, 1.82) is 0 Å². The van der Waals surface area contributed by atoms with Crippen LogP contribution in [0.3, 0.4) is 0 Å². The Kier molecular flexibility index (Phi) is 5.40. The fourth-order valence-electron chi connectivity index (χ4n) is 3.16. The number of hydrogen-bond donors (Lipinski definition) is 1. The van der Waals surface area contributed by atoms with E-state index in [0.29, 0.717) is 11.3 Å². The lowest BCUT2D eigenvalue weighted by molar-refractivity contribution is 0.346. The lowest BCUT2D eigenvalue weighted by Gasteiger charge is -2.12. The van der Waals surface area contributed by atoms with Crippen LogP contribution in [0.4, 0.5) is 22.0 Å². The molecule has 1 aromatic heterocycles. The van der Waals surface area contributed by atoms with Crippen LogP contribution in [0.5, 0.6) is 5.75 Å². The number of aromatic nitrogens is 2. The summed E-state index contributed by atoms with van der Waals surface area (Å²) in [6.07, 6.45) is 0. The van der Waals surface area contributed by atoms with Gasteiger partial charge in [0.1, 0.15) is 4.90 Å². The molecule has 1 heterocycles. The molecule has 0 aliphatic rings. The van der Waals surface area contributed by atoms with E-state index in [1.807, 2.05) is 0 Å². The normalized spacial score (nSPS) is 11.7. The van der Waals surface area contributed by atoms with E-state index >= 15 is 0 Å². The van der Waals surface area contributed by atoms with Crippen LogP contribution in [0, 0.1) is 36.0 Å². The lowest BCUT2D eigenvalue weighted by atomic mass is 10.0. The van der Waals surface area contributed by atoms with Gasteiger partial charge in [-0.25, -0.2) is 18.3 Å². The molecule has 0 atom stereocenters. The first-order valence-corrected chi connectivity index (χ1v) is 10.5. The summed E-state index contributed by atoms with van der Waals surface area (Å²) in [6.45, 7) is 1.80. The molecule has 0 amide bonds. The van der Waals surface area contributed by atoms with Crippen LogP contribution in [-0.2, 0) is 10.1 Å². The third-order valence-electron chi connectivity index (χ3n) is 4.81. The largest absolute Gasteiger partial charge is 0.372 e. The van der Waals surface area contributed by atoms with E-state index in [4.69, 9.17) is 0 Å². The zero-order valence-corrected chi connectivity index (χ0v) is 17.2. The van der Waals surface area contributed by atoms with Gasteiger partial charge in [0, 0.05) is 10.9 Å². The van der Waals surface area contributed by atoms with Gasteiger partial charge in [-0.2, -0.15) is 22.3 Å². The number of benzene rings is 3. The fourth-order valence-corrected chi connectivity index (χ4v) is 4.12. The average Bonchev–Trinajstić information content (AvgIpc) is 2.80. The third-order valence-corrected chi connectivity index (χ3v) is 6.03. The molecule has 0 radical (unpaired) electrons. The van der Waals surface area contributed by atoms with E-state index in [1.54, 1.807) is 31.2 Å². The highest BCUT2D eigenvalue weighted by molar-refractivity contribution is 7.87. The summed E-state index contributed by atoms with van der Waals surface area (Å²) in [7, 11) is -5.11. The second-order valence-electron chi connectivity index (χ2n) is 6.86. The summed E-state index contributed by atoms with van der Waals surface area (Å²) in [5.74, 6) is -14.1. The van der Waals surface area contributed by atoms with Crippen LogP contribution >= 0.6 is 0 Å². The second-order valence-corrected chi connectivity index (χ2v) is 8.41. The van der Waals surface area contributed by atoms with Crippen molar-refractivity contribution >= 4 is 20.9 Å². The van der Waals surface area contributed by atoms with Gasteiger partial charge < -0.3 is 4.18 Å². The average molecular weight is 482 g/mol. The highest BCUT2D eigenvalue weighted by Crippen LogP contribution is 2.33. The molecule has 170 valence electrons. The first kappa shape index (κ1) is 22.4. The number of aryl methyl sites for hydroxylation is 1. The zero-order chi connectivity index (χ0) is 24.1. The number of nitrogens with zero attached hydrogens (tertiary/aromatic N) is 1. The summed E-state index contributed by atoms with van der Waals surface area (Å²) in [6, 6.07) is 10.1. The predicted molar refractivity (Wildman–Crippen MR) is 107 cm³/mol. The Hall–Kier alpha value is -3.80. The van der Waals surface area contributed by atoms with E-state index in [9.17, 15) is 35.2 Å². The van der Waals surface area contributed by atoms with Gasteiger partial charge in [0.05, 0.1) is 11.1 Å². The van der Waals surface area contributed by atoms with Gasteiger partial charge >= 0.3 is 10.1 Å². The van der Waals surface area contributed by atoms with Crippen LogP contribution in [0.25, 0.3) is 22.0 Å². The highest BCUT2D eigenvalue weighted by Gasteiger charge is 2.31. The molecule has 33 heavy (non-hydrogen) atoms. The molecule has 4 rings (SSSR count). The van der Waals surface area contributed by atoms with Gasteiger partial charge in [-0.05, 0) is 24.6 Å². The summed E-state index contributed by atoms with van der Waals surface area (Å²) >= 11 is 0. The molecule has 6 nitrogen and oxygen atoms in total. The van der Waals surface area contributed by atoms with E-state index < -0.39 is 55.4 Å². The van der Waals surface area contributed by atoms with Crippen molar-refractivity contribution in [2.45, 2.75) is 11.8 Å². The summed E-state index contributed by atoms with van der Waals surface area (Å²) < 4.78 is 97.1. The van der Waals surface area contributed by atoms with E-state index in [1.165, 1.54) is 6.07 Å². The predicted octanol–water partition coefficient (Wildman–Crippen LogP) is 4.36. The Labute approximate surface area is 182 Å². The standard InChI is InChI=1S/C21H11F5N2O4S/c1-9-4-2-3-5-11(9)19-12-7-6-10(8-13(12)21(29)28-27-19)33(30,31)32-20-17(25)15(23)14(22)16(24)18(20)26/h2-8H,1H3,(H,28,29). The third kappa shape index (κ3) is 3.71. The molecule has 12 heteroatoms. The maximum Gasteiger partial charge on any atom is 0.339 e. The minimum atomic E-state index is -5.11. The Morgan fingerprint density at radius 2 is 1.45 bits per heavy atom. The van der Waals surface area contributed by atoms with Crippen molar-refractivity contribution in [2.75, 3.05) is 0 Å². The minimum Gasteiger partial charge on any atom is -0.372 e. The van der Waals surface area contributed by atoms with Gasteiger partial charge in [-0.3, -0.25) is 4.79 Å². The monoisotopic (exact) mass is 482 g/mol. The Morgan fingerprint density at radius 1 is 0.848 bits per heavy atom. The van der Waals surface area contributed by atoms with Crippen LogP contribution in [0.15, 0.2) is 52.2 Å². The molecule has 0 fully saturated rings. The van der Waals surface area contributed by atoms with Gasteiger partial charge in [0.15, 0.2) is 0 Å². The van der Waals surface area contributed by atoms with Crippen molar-refractivity contribution in [2.24, 2.45) is 0 Å². The molecule has 0 aliphatic carbocycles. The molecule has 0 unspecified atom stereocenters. The Balaban J connectivity index is 1.86. The van der Waals surface area contributed by atoms with E-state index in [-0.39, 0.29) is 10.8 Å². The molecular formula is C21H11F5N2O4S. The minimum absolute atomic E-state index is 0.162. The Morgan fingerprint density at radius 3 is 2.09 bits per heavy atom. The molecule has 4 aromatic rings. The zero-order valence-electron chi connectivity index (χ0n) is 16.4. The van der Waals surface area contributed by atoms with Crippen molar-refractivity contribution in [3.8, 4) is 17.0 Å². The Bertz CT molecular complexity index is 1570. The maximum absolute atomic E-state index is 13.9. The topological polar surface area (TPSA) is 89.1 Å². The van der Waals surface area contributed by atoms with Gasteiger partial charge in [-0.1, -0.05) is 30.3 Å². The molecule has 1 N–H and O–H groups in total. The van der Waals surface area contributed by atoms with Gasteiger partial charge in [0.25, 0.3) is 5.56 Å². The van der Waals surface area contributed by atoms with Crippen LogP contribution in [0.2, 0.25) is 0 Å².